The Labute approximate surface area is 109 Å². The van der Waals surface area contributed by atoms with Gasteiger partial charge in [0.2, 0.25) is 0 Å². The second-order valence-corrected chi connectivity index (χ2v) is 6.85. The Kier molecular flexibility index (Phi) is 5.15. The Hall–Kier alpha value is 0.230. The van der Waals surface area contributed by atoms with Gasteiger partial charge < -0.3 is 15.2 Å². The third-order valence-electron chi connectivity index (χ3n) is 3.83. The maximum atomic E-state index is 9.71. The lowest BCUT2D eigenvalue weighted by Crippen LogP contribution is -2.53. The van der Waals surface area contributed by atoms with Crippen LogP contribution in [0, 0.1) is 0 Å². The fourth-order valence-corrected chi connectivity index (χ4v) is 4.10. The first-order valence-corrected chi connectivity index (χ1v) is 7.82. The molecule has 2 aliphatic carbocycles. The van der Waals surface area contributed by atoms with Crippen molar-refractivity contribution in [3.8, 4) is 0 Å². The van der Waals surface area contributed by atoms with E-state index in [9.17, 15) is 5.11 Å². The highest BCUT2D eigenvalue weighted by atomic mass is 32.2. The number of hydrogen-bond acceptors (Lipinski definition) is 4. The van der Waals surface area contributed by atoms with E-state index >= 15 is 0 Å². The molecule has 0 saturated heterocycles. The van der Waals surface area contributed by atoms with Gasteiger partial charge in [-0.2, -0.15) is 11.8 Å². The van der Waals surface area contributed by atoms with Crippen molar-refractivity contribution >= 4 is 11.8 Å². The lowest BCUT2D eigenvalue weighted by molar-refractivity contribution is 0.121. The molecule has 0 amide bonds. The van der Waals surface area contributed by atoms with Crippen LogP contribution in [0.5, 0.6) is 0 Å². The van der Waals surface area contributed by atoms with E-state index in [-0.39, 0.29) is 5.54 Å². The molecule has 2 aliphatic rings. The van der Waals surface area contributed by atoms with Gasteiger partial charge in [-0.3, -0.25) is 0 Å². The summed E-state index contributed by atoms with van der Waals surface area (Å²) >= 11 is 2.01. The summed E-state index contributed by atoms with van der Waals surface area (Å²) in [6.07, 6.45) is 7.38. The molecule has 2 N–H and O–H groups in total. The Bertz CT molecular complexity index is 235. The first-order valence-electron chi connectivity index (χ1n) is 6.77. The van der Waals surface area contributed by atoms with Crippen molar-refractivity contribution < 1.29 is 9.84 Å². The topological polar surface area (TPSA) is 41.5 Å². The highest BCUT2D eigenvalue weighted by molar-refractivity contribution is 7.99. The van der Waals surface area contributed by atoms with E-state index in [0.717, 1.165) is 25.2 Å². The quantitative estimate of drug-likeness (QED) is 0.684. The minimum absolute atomic E-state index is 0.0180. The molecule has 0 aliphatic heterocycles. The number of nitrogens with one attached hydrogen (secondary N) is 1. The molecule has 0 radical (unpaired) electrons. The molecule has 0 bridgehead atoms. The molecule has 0 aromatic rings. The Morgan fingerprint density at radius 3 is 2.88 bits per heavy atom. The third-order valence-corrected chi connectivity index (χ3v) is 5.11. The van der Waals surface area contributed by atoms with Crippen molar-refractivity contribution in [1.29, 1.82) is 0 Å². The first-order chi connectivity index (χ1) is 8.28. The molecule has 2 unspecified atom stereocenters. The highest BCUT2D eigenvalue weighted by Gasteiger charge is 2.39. The van der Waals surface area contributed by atoms with Crippen LogP contribution >= 0.6 is 11.8 Å². The van der Waals surface area contributed by atoms with Gasteiger partial charge in [-0.1, -0.05) is 6.42 Å². The summed E-state index contributed by atoms with van der Waals surface area (Å²) in [4.78, 5) is 0. The summed E-state index contributed by atoms with van der Waals surface area (Å²) < 4.78 is 5.10. The number of ether oxygens (including phenoxy) is 1. The van der Waals surface area contributed by atoms with Gasteiger partial charge in [0.1, 0.15) is 0 Å². The van der Waals surface area contributed by atoms with E-state index in [4.69, 9.17) is 4.74 Å². The van der Waals surface area contributed by atoms with Crippen LogP contribution in [0.3, 0.4) is 0 Å². The van der Waals surface area contributed by atoms with E-state index in [1.54, 1.807) is 7.11 Å². The van der Waals surface area contributed by atoms with Gasteiger partial charge in [0.15, 0.2) is 0 Å². The zero-order chi connectivity index (χ0) is 12.1. The van der Waals surface area contributed by atoms with Crippen LogP contribution < -0.4 is 5.32 Å². The van der Waals surface area contributed by atoms with Crippen LogP contribution in [-0.4, -0.2) is 48.0 Å². The van der Waals surface area contributed by atoms with Crippen LogP contribution in [0.2, 0.25) is 0 Å². The predicted molar refractivity (Wildman–Crippen MR) is 72.6 cm³/mol. The van der Waals surface area contributed by atoms with E-state index in [0.29, 0.717) is 17.9 Å². The van der Waals surface area contributed by atoms with Crippen molar-refractivity contribution in [2.75, 3.05) is 26.1 Å². The fourth-order valence-electron chi connectivity index (χ4n) is 2.73. The molecule has 0 spiro atoms. The van der Waals surface area contributed by atoms with Crippen LogP contribution in [0.1, 0.15) is 38.5 Å². The van der Waals surface area contributed by atoms with Gasteiger partial charge in [-0.05, 0) is 32.1 Å². The second-order valence-electron chi connectivity index (χ2n) is 5.44. The zero-order valence-electron chi connectivity index (χ0n) is 10.8. The van der Waals surface area contributed by atoms with Gasteiger partial charge in [0, 0.05) is 29.7 Å². The number of methoxy groups -OCH3 is 1. The monoisotopic (exact) mass is 259 g/mol. The molecular formula is C13H25NO2S. The maximum Gasteiger partial charge on any atom is 0.0613 e. The van der Waals surface area contributed by atoms with Crippen LogP contribution in [0.25, 0.3) is 0 Å². The SMILES string of the molecule is COCCSC1CCCC(CO)(NC2CC2)C1. The normalized spacial score (nSPS) is 33.9. The highest BCUT2D eigenvalue weighted by Crippen LogP contribution is 2.37. The summed E-state index contributed by atoms with van der Waals surface area (Å²) in [6.45, 7) is 1.13. The smallest absolute Gasteiger partial charge is 0.0613 e. The Morgan fingerprint density at radius 1 is 1.41 bits per heavy atom. The summed E-state index contributed by atoms with van der Waals surface area (Å²) in [6, 6.07) is 0.685. The van der Waals surface area contributed by atoms with Gasteiger partial charge in [-0.15, -0.1) is 0 Å². The largest absolute Gasteiger partial charge is 0.394 e. The summed E-state index contributed by atoms with van der Waals surface area (Å²) in [5, 5.41) is 14.1. The van der Waals surface area contributed by atoms with E-state index in [1.807, 2.05) is 11.8 Å². The van der Waals surface area contributed by atoms with Gasteiger partial charge in [0.05, 0.1) is 13.2 Å². The molecule has 4 heteroatoms. The summed E-state index contributed by atoms with van der Waals surface area (Å²) in [5.41, 5.74) is 0.0180. The van der Waals surface area contributed by atoms with Gasteiger partial charge in [0.25, 0.3) is 0 Å². The lowest BCUT2D eigenvalue weighted by atomic mass is 9.82. The molecule has 3 nitrogen and oxygen atoms in total. The maximum absolute atomic E-state index is 9.71. The molecule has 2 fully saturated rings. The molecule has 100 valence electrons. The molecular weight excluding hydrogens is 234 g/mol. The average molecular weight is 259 g/mol. The number of hydrogen-bond donors (Lipinski definition) is 2. The molecule has 2 saturated carbocycles. The number of aliphatic hydroxyl groups excluding tert-OH is 1. The minimum atomic E-state index is 0.0180. The van der Waals surface area contributed by atoms with Gasteiger partial charge >= 0.3 is 0 Å². The first kappa shape index (κ1) is 13.7. The molecule has 17 heavy (non-hydrogen) atoms. The van der Waals surface area contributed by atoms with Crippen LogP contribution in [0.4, 0.5) is 0 Å². The van der Waals surface area contributed by atoms with Crippen molar-refractivity contribution in [2.24, 2.45) is 0 Å². The fraction of sp³-hybridized carbons (Fsp3) is 1.00. The zero-order valence-corrected chi connectivity index (χ0v) is 11.6. The Morgan fingerprint density at radius 2 is 2.24 bits per heavy atom. The molecule has 2 atom stereocenters. The number of aliphatic hydroxyl groups is 1. The van der Waals surface area contributed by atoms with E-state index in [1.165, 1.54) is 25.7 Å². The summed E-state index contributed by atoms with van der Waals surface area (Å²) in [5.74, 6) is 1.08. The predicted octanol–water partition coefficient (Wildman–Crippen LogP) is 1.79. The number of rotatable bonds is 7. The van der Waals surface area contributed by atoms with Gasteiger partial charge in [-0.25, -0.2) is 0 Å². The van der Waals surface area contributed by atoms with Crippen molar-refractivity contribution in [2.45, 2.75) is 55.4 Å². The third kappa shape index (κ3) is 4.12. The Balaban J connectivity index is 1.80. The van der Waals surface area contributed by atoms with E-state index < -0.39 is 0 Å². The standard InChI is InChI=1S/C13H25NO2S/c1-16-7-8-17-12-3-2-6-13(9-12,10-15)14-11-4-5-11/h11-12,14-15H,2-10H2,1H3. The van der Waals surface area contributed by atoms with Crippen LogP contribution in [0.15, 0.2) is 0 Å². The van der Waals surface area contributed by atoms with Crippen LogP contribution in [-0.2, 0) is 4.74 Å². The molecule has 0 aromatic carbocycles. The number of thioether (sulfide) groups is 1. The average Bonchev–Trinajstić information content (AvgIpc) is 3.14. The summed E-state index contributed by atoms with van der Waals surface area (Å²) in [7, 11) is 1.76. The minimum Gasteiger partial charge on any atom is -0.394 e. The van der Waals surface area contributed by atoms with Crippen molar-refractivity contribution in [3.63, 3.8) is 0 Å². The second kappa shape index (κ2) is 6.41. The van der Waals surface area contributed by atoms with Crippen molar-refractivity contribution in [1.82, 2.24) is 5.32 Å². The van der Waals surface area contributed by atoms with E-state index in [2.05, 4.69) is 5.32 Å². The lowest BCUT2D eigenvalue weighted by Gasteiger charge is -2.40. The molecule has 0 aromatic heterocycles. The molecule has 2 rings (SSSR count). The molecule has 0 heterocycles. The van der Waals surface area contributed by atoms with Crippen molar-refractivity contribution in [3.05, 3.63) is 0 Å².